The molecule has 4 nitrogen and oxygen atoms in total. The molecule has 0 amide bonds. The van der Waals surface area contributed by atoms with Gasteiger partial charge in [0.15, 0.2) is 0 Å². The smallest absolute Gasteiger partial charge is 0.203 e. The van der Waals surface area contributed by atoms with E-state index in [9.17, 15) is 0 Å². The van der Waals surface area contributed by atoms with Crippen LogP contribution in [0.1, 0.15) is 5.56 Å². The first kappa shape index (κ1) is 17.6. The van der Waals surface area contributed by atoms with Crippen LogP contribution >= 0.6 is 27.3 Å². The van der Waals surface area contributed by atoms with E-state index in [2.05, 4.69) is 36.4 Å². The van der Waals surface area contributed by atoms with Crippen molar-refractivity contribution >= 4 is 38.6 Å². The maximum Gasteiger partial charge on any atom is 0.203 e. The summed E-state index contributed by atoms with van der Waals surface area (Å²) < 4.78 is 0.971. The molecule has 4 rings (SSSR count). The summed E-state index contributed by atoms with van der Waals surface area (Å²) in [5, 5.41) is 7.07. The Balaban J connectivity index is 1.40. The summed E-state index contributed by atoms with van der Waals surface area (Å²) in [6, 6.07) is 22.2. The van der Waals surface area contributed by atoms with E-state index in [1.165, 1.54) is 11.3 Å². The third kappa shape index (κ3) is 4.48. The lowest BCUT2D eigenvalue weighted by molar-refractivity contribution is 1.29. The van der Waals surface area contributed by atoms with Gasteiger partial charge in [-0.3, -0.25) is 10.4 Å². The summed E-state index contributed by atoms with van der Waals surface area (Å²) >= 11 is 4.93. The summed E-state index contributed by atoms with van der Waals surface area (Å²) in [5.41, 5.74) is 8.06. The van der Waals surface area contributed by atoms with E-state index in [0.29, 0.717) is 0 Å². The van der Waals surface area contributed by atoms with Gasteiger partial charge in [0.05, 0.1) is 17.6 Å². The fourth-order valence-corrected chi connectivity index (χ4v) is 3.42. The molecule has 0 radical (unpaired) electrons. The number of hydrogen-bond acceptors (Lipinski definition) is 5. The molecule has 0 saturated carbocycles. The highest BCUT2D eigenvalue weighted by molar-refractivity contribution is 9.10. The lowest BCUT2D eigenvalue weighted by atomic mass is 10.1. The predicted octanol–water partition coefficient (Wildman–Crippen LogP) is 6.08. The molecule has 1 N–H and O–H groups in total. The van der Waals surface area contributed by atoms with Gasteiger partial charge in [0.25, 0.3) is 0 Å². The minimum absolute atomic E-state index is 0.765. The molecule has 0 spiro atoms. The molecule has 0 aliphatic heterocycles. The van der Waals surface area contributed by atoms with E-state index in [4.69, 9.17) is 0 Å². The minimum Gasteiger partial charge on any atom is -0.255 e. The molecular weight excluding hydrogens is 420 g/mol. The topological polar surface area (TPSA) is 50.2 Å². The summed E-state index contributed by atoms with van der Waals surface area (Å²) in [4.78, 5) is 8.96. The number of rotatable bonds is 5. The molecule has 4 aromatic rings. The number of nitrogens with one attached hydrogen (secondary N) is 1. The number of thiazole rings is 1. The van der Waals surface area contributed by atoms with E-state index < -0.39 is 0 Å². The highest BCUT2D eigenvalue weighted by atomic mass is 79.9. The average molecular weight is 435 g/mol. The molecule has 2 aromatic carbocycles. The van der Waals surface area contributed by atoms with E-state index >= 15 is 0 Å². The van der Waals surface area contributed by atoms with Crippen molar-refractivity contribution in [3.63, 3.8) is 0 Å². The number of pyridine rings is 1. The van der Waals surface area contributed by atoms with Crippen molar-refractivity contribution in [3.8, 4) is 22.5 Å². The lowest BCUT2D eigenvalue weighted by Gasteiger charge is -2.01. The summed E-state index contributed by atoms with van der Waals surface area (Å²) in [7, 11) is 0. The van der Waals surface area contributed by atoms with E-state index in [1.54, 1.807) is 12.4 Å². The summed E-state index contributed by atoms with van der Waals surface area (Å²) in [6.45, 7) is 0. The van der Waals surface area contributed by atoms with Crippen LogP contribution in [-0.4, -0.2) is 16.2 Å². The zero-order valence-electron chi connectivity index (χ0n) is 14.2. The summed E-state index contributed by atoms with van der Waals surface area (Å²) in [5.74, 6) is 0. The van der Waals surface area contributed by atoms with Crippen LogP contribution in [0, 0.1) is 0 Å². The van der Waals surface area contributed by atoms with Gasteiger partial charge in [-0.15, -0.1) is 11.3 Å². The number of hydrazone groups is 1. The molecule has 0 saturated heterocycles. The molecule has 132 valence electrons. The van der Waals surface area contributed by atoms with Gasteiger partial charge in [0.2, 0.25) is 5.13 Å². The lowest BCUT2D eigenvalue weighted by Crippen LogP contribution is -1.90. The van der Waals surface area contributed by atoms with Gasteiger partial charge in [-0.25, -0.2) is 4.98 Å². The van der Waals surface area contributed by atoms with E-state index in [-0.39, 0.29) is 0 Å². The molecule has 0 bridgehead atoms. The Labute approximate surface area is 169 Å². The Bertz CT molecular complexity index is 1040. The predicted molar refractivity (Wildman–Crippen MR) is 116 cm³/mol. The first-order chi connectivity index (χ1) is 13.3. The van der Waals surface area contributed by atoms with Crippen LogP contribution in [0.2, 0.25) is 0 Å². The molecular formula is C21H15BrN4S. The van der Waals surface area contributed by atoms with Gasteiger partial charge in [-0.2, -0.15) is 5.10 Å². The third-order valence-electron chi connectivity index (χ3n) is 3.88. The average Bonchev–Trinajstić information content (AvgIpc) is 3.19. The standard InChI is InChI=1S/C21H15BrN4S/c22-18-10-11-19(23-13-18)17-8-6-15(7-9-17)12-24-26-21-25-20(14-27-21)16-4-2-1-3-5-16/h1-14H,(H,25,26). The molecule has 0 aliphatic rings. The number of aromatic nitrogens is 2. The zero-order valence-corrected chi connectivity index (χ0v) is 16.6. The van der Waals surface area contributed by atoms with Crippen LogP contribution in [0.5, 0.6) is 0 Å². The van der Waals surface area contributed by atoms with Crippen LogP contribution in [-0.2, 0) is 0 Å². The van der Waals surface area contributed by atoms with Crippen molar-refractivity contribution in [2.24, 2.45) is 5.10 Å². The van der Waals surface area contributed by atoms with Crippen molar-refractivity contribution in [2.45, 2.75) is 0 Å². The highest BCUT2D eigenvalue weighted by Crippen LogP contribution is 2.24. The second kappa shape index (κ2) is 8.24. The molecule has 0 aliphatic carbocycles. The number of benzene rings is 2. The molecule has 2 aromatic heterocycles. The second-order valence-electron chi connectivity index (χ2n) is 5.76. The molecule has 2 heterocycles. The number of halogens is 1. The van der Waals surface area contributed by atoms with Gasteiger partial charge in [0.1, 0.15) is 0 Å². The second-order valence-corrected chi connectivity index (χ2v) is 7.53. The number of hydrogen-bond donors (Lipinski definition) is 1. The first-order valence-corrected chi connectivity index (χ1v) is 9.97. The van der Waals surface area contributed by atoms with Crippen LogP contribution in [0.4, 0.5) is 5.13 Å². The van der Waals surface area contributed by atoms with Crippen molar-refractivity contribution < 1.29 is 0 Å². The van der Waals surface area contributed by atoms with Gasteiger partial charge in [0, 0.05) is 27.2 Å². The van der Waals surface area contributed by atoms with Gasteiger partial charge in [-0.1, -0.05) is 54.6 Å². The molecule has 0 fully saturated rings. The maximum absolute atomic E-state index is 4.55. The normalized spacial score (nSPS) is 11.0. The van der Waals surface area contributed by atoms with Crippen molar-refractivity contribution in [1.29, 1.82) is 0 Å². The Kier molecular flexibility index (Phi) is 5.37. The SMILES string of the molecule is Brc1ccc(-c2ccc(C=NNc3nc(-c4ccccc4)cs3)cc2)nc1. The monoisotopic (exact) mass is 434 g/mol. The molecule has 0 atom stereocenters. The number of anilines is 1. The Morgan fingerprint density at radius 3 is 2.41 bits per heavy atom. The van der Waals surface area contributed by atoms with E-state index in [1.807, 2.05) is 72.1 Å². The van der Waals surface area contributed by atoms with E-state index in [0.717, 1.165) is 37.7 Å². The highest BCUT2D eigenvalue weighted by Gasteiger charge is 2.03. The minimum atomic E-state index is 0.765. The quantitative estimate of drug-likeness (QED) is 0.305. The van der Waals surface area contributed by atoms with Gasteiger partial charge >= 0.3 is 0 Å². The van der Waals surface area contributed by atoms with Crippen LogP contribution in [0.15, 0.2) is 87.9 Å². The van der Waals surface area contributed by atoms with Crippen molar-refractivity contribution in [1.82, 2.24) is 9.97 Å². The fraction of sp³-hybridized carbons (Fsp3) is 0. The Morgan fingerprint density at radius 1 is 0.889 bits per heavy atom. The Hall–Kier alpha value is -2.83. The first-order valence-electron chi connectivity index (χ1n) is 8.30. The van der Waals surface area contributed by atoms with Gasteiger partial charge < -0.3 is 0 Å². The molecule has 6 heteroatoms. The largest absolute Gasteiger partial charge is 0.255 e. The molecule has 27 heavy (non-hydrogen) atoms. The van der Waals surface area contributed by atoms with Crippen LogP contribution in [0.25, 0.3) is 22.5 Å². The van der Waals surface area contributed by atoms with Crippen molar-refractivity contribution in [3.05, 3.63) is 88.3 Å². The number of nitrogens with zero attached hydrogens (tertiary/aromatic N) is 3. The fourth-order valence-electron chi connectivity index (χ4n) is 2.52. The Morgan fingerprint density at radius 2 is 1.67 bits per heavy atom. The van der Waals surface area contributed by atoms with Gasteiger partial charge in [-0.05, 0) is 33.6 Å². The maximum atomic E-state index is 4.55. The zero-order chi connectivity index (χ0) is 18.5. The third-order valence-corrected chi connectivity index (χ3v) is 5.10. The van der Waals surface area contributed by atoms with Crippen LogP contribution in [0.3, 0.4) is 0 Å². The molecule has 0 unspecified atom stereocenters. The van der Waals surface area contributed by atoms with Crippen molar-refractivity contribution in [2.75, 3.05) is 5.43 Å². The summed E-state index contributed by atoms with van der Waals surface area (Å²) in [6.07, 6.45) is 3.58. The van der Waals surface area contributed by atoms with Crippen LogP contribution < -0.4 is 5.43 Å².